The van der Waals surface area contributed by atoms with Crippen molar-refractivity contribution >= 4 is 23.4 Å². The first-order valence-corrected chi connectivity index (χ1v) is 9.10. The number of halogens is 1. The van der Waals surface area contributed by atoms with Crippen molar-refractivity contribution in [1.82, 2.24) is 25.4 Å². The first-order chi connectivity index (χ1) is 11.6. The third-order valence-corrected chi connectivity index (χ3v) is 4.40. The summed E-state index contributed by atoms with van der Waals surface area (Å²) in [5.74, 6) is 0.775. The van der Waals surface area contributed by atoms with Crippen molar-refractivity contribution in [2.24, 2.45) is 0 Å². The third-order valence-electron chi connectivity index (χ3n) is 4.23. The molecule has 1 atom stereocenters. The summed E-state index contributed by atoms with van der Waals surface area (Å²) >= 11 is 5.64. The Morgan fingerprint density at radius 3 is 2.92 bits per heavy atom. The van der Waals surface area contributed by atoms with E-state index >= 15 is 0 Å². The molecule has 0 radical (unpaired) electrons. The van der Waals surface area contributed by atoms with E-state index in [1.54, 1.807) is 0 Å². The quantitative estimate of drug-likeness (QED) is 0.783. The fraction of sp³-hybridized carbons (Fsp3) is 0.750. The van der Waals surface area contributed by atoms with Crippen LogP contribution in [0.25, 0.3) is 0 Å². The second-order valence-electron chi connectivity index (χ2n) is 6.25. The van der Waals surface area contributed by atoms with Gasteiger partial charge in [0.15, 0.2) is 0 Å². The lowest BCUT2D eigenvalue weighted by Gasteiger charge is -2.25. The Morgan fingerprint density at radius 1 is 1.38 bits per heavy atom. The molecule has 24 heavy (non-hydrogen) atoms. The van der Waals surface area contributed by atoms with E-state index < -0.39 is 0 Å². The van der Waals surface area contributed by atoms with Gasteiger partial charge in [-0.2, -0.15) is 0 Å². The summed E-state index contributed by atoms with van der Waals surface area (Å²) in [5.41, 5.74) is 0. The van der Waals surface area contributed by atoms with E-state index in [1.165, 1.54) is 0 Å². The van der Waals surface area contributed by atoms with Gasteiger partial charge in [0.2, 0.25) is 17.1 Å². The van der Waals surface area contributed by atoms with Gasteiger partial charge >= 0.3 is 0 Å². The number of aromatic amines is 1. The van der Waals surface area contributed by atoms with E-state index in [0.29, 0.717) is 31.6 Å². The maximum absolute atomic E-state index is 12.2. The first kappa shape index (κ1) is 18.7. The molecule has 2 heterocycles. The van der Waals surface area contributed by atoms with Gasteiger partial charge < -0.3 is 10.2 Å². The van der Waals surface area contributed by atoms with Crippen LogP contribution in [0.15, 0.2) is 0 Å². The minimum atomic E-state index is -0.0321. The molecule has 1 aliphatic rings. The van der Waals surface area contributed by atoms with Crippen molar-refractivity contribution in [2.45, 2.75) is 64.3 Å². The van der Waals surface area contributed by atoms with Crippen LogP contribution in [0.5, 0.6) is 0 Å². The van der Waals surface area contributed by atoms with Crippen LogP contribution in [0.3, 0.4) is 0 Å². The number of rotatable bonds is 7. The number of likely N-dealkylation sites (tertiary alicyclic amines) is 1. The number of aromatic nitrogens is 3. The summed E-state index contributed by atoms with van der Waals surface area (Å²) in [7, 11) is 0. The summed E-state index contributed by atoms with van der Waals surface area (Å²) in [6.07, 6.45) is 6.28. The van der Waals surface area contributed by atoms with Crippen molar-refractivity contribution < 1.29 is 9.59 Å². The van der Waals surface area contributed by atoms with Crippen LogP contribution in [-0.2, 0) is 16.0 Å². The number of hydrogen-bond acceptors (Lipinski definition) is 4. The Hall–Kier alpha value is -1.63. The molecule has 0 bridgehead atoms. The van der Waals surface area contributed by atoms with Gasteiger partial charge in [-0.05, 0) is 37.3 Å². The summed E-state index contributed by atoms with van der Waals surface area (Å²) in [5, 5.41) is 9.63. The Bertz CT molecular complexity index is 548. The molecule has 0 aliphatic carbocycles. The second-order valence-corrected chi connectivity index (χ2v) is 6.59. The van der Waals surface area contributed by atoms with E-state index in [1.807, 2.05) is 4.90 Å². The van der Waals surface area contributed by atoms with Gasteiger partial charge in [0, 0.05) is 38.4 Å². The van der Waals surface area contributed by atoms with Gasteiger partial charge in [-0.15, -0.1) is 5.10 Å². The molecule has 0 spiro atoms. The lowest BCUT2D eigenvalue weighted by molar-refractivity contribution is -0.132. The van der Waals surface area contributed by atoms with Crippen molar-refractivity contribution in [1.29, 1.82) is 0 Å². The molecule has 1 aromatic rings. The number of amides is 2. The van der Waals surface area contributed by atoms with E-state index in [2.05, 4.69) is 27.4 Å². The first-order valence-electron chi connectivity index (χ1n) is 8.72. The number of carbonyl (C=O) groups excluding carboxylic acids is 2. The van der Waals surface area contributed by atoms with Crippen LogP contribution in [0.2, 0.25) is 5.28 Å². The van der Waals surface area contributed by atoms with E-state index in [4.69, 9.17) is 11.6 Å². The molecule has 2 N–H and O–H groups in total. The van der Waals surface area contributed by atoms with Gasteiger partial charge in [0.1, 0.15) is 5.82 Å². The van der Waals surface area contributed by atoms with Crippen LogP contribution in [0.1, 0.15) is 57.7 Å². The van der Waals surface area contributed by atoms with Gasteiger partial charge in [-0.1, -0.05) is 13.3 Å². The fourth-order valence-electron chi connectivity index (χ4n) is 2.89. The maximum Gasteiger partial charge on any atom is 0.242 e. The number of unbranched alkanes of at least 4 members (excludes halogenated alkanes) is 1. The van der Waals surface area contributed by atoms with Crippen LogP contribution >= 0.6 is 11.6 Å². The van der Waals surface area contributed by atoms with Crippen LogP contribution < -0.4 is 5.32 Å². The number of nitrogens with one attached hydrogen (secondary N) is 2. The van der Waals surface area contributed by atoms with Crippen molar-refractivity contribution in [2.75, 3.05) is 13.1 Å². The standard InChI is InChI=1S/C16H26ClN5O2/c1-2-3-7-15(24)22-10-5-4-6-12(11-22)18-14(23)9-8-13-19-16(17)21-20-13/h12H,2-11H2,1H3,(H,18,23)(H,19,20,21). The Balaban J connectivity index is 1.78. The Labute approximate surface area is 147 Å². The largest absolute Gasteiger partial charge is 0.352 e. The topological polar surface area (TPSA) is 91.0 Å². The molecule has 7 nitrogen and oxygen atoms in total. The third kappa shape index (κ3) is 6.11. The van der Waals surface area contributed by atoms with Gasteiger partial charge in [-0.3, -0.25) is 14.7 Å². The summed E-state index contributed by atoms with van der Waals surface area (Å²) in [6, 6.07) is 0.0314. The smallest absolute Gasteiger partial charge is 0.242 e. The van der Waals surface area contributed by atoms with Crippen molar-refractivity contribution in [3.63, 3.8) is 0 Å². The normalized spacial score (nSPS) is 18.2. The van der Waals surface area contributed by atoms with Crippen LogP contribution in [0, 0.1) is 0 Å². The number of nitrogens with zero attached hydrogens (tertiary/aromatic N) is 3. The molecule has 2 rings (SSSR count). The molecule has 1 aliphatic heterocycles. The molecule has 1 unspecified atom stereocenters. The number of aryl methyl sites for hydroxylation is 1. The lowest BCUT2D eigenvalue weighted by atomic mass is 10.1. The average molecular weight is 356 g/mol. The highest BCUT2D eigenvalue weighted by molar-refractivity contribution is 6.28. The highest BCUT2D eigenvalue weighted by Crippen LogP contribution is 2.13. The molecule has 2 amide bonds. The Morgan fingerprint density at radius 2 is 2.21 bits per heavy atom. The molecule has 8 heteroatoms. The monoisotopic (exact) mass is 355 g/mol. The predicted molar refractivity (Wildman–Crippen MR) is 91.6 cm³/mol. The minimum absolute atomic E-state index is 0.0314. The van der Waals surface area contributed by atoms with Crippen LogP contribution in [0.4, 0.5) is 0 Å². The fourth-order valence-corrected chi connectivity index (χ4v) is 3.03. The van der Waals surface area contributed by atoms with Gasteiger partial charge in [-0.25, -0.2) is 4.98 Å². The minimum Gasteiger partial charge on any atom is -0.352 e. The molecular formula is C16H26ClN5O2. The highest BCUT2D eigenvalue weighted by Gasteiger charge is 2.22. The van der Waals surface area contributed by atoms with E-state index in [9.17, 15) is 9.59 Å². The number of H-pyrrole nitrogens is 1. The summed E-state index contributed by atoms with van der Waals surface area (Å²) in [4.78, 5) is 30.3. The molecule has 1 aromatic heterocycles. The molecule has 1 fully saturated rings. The van der Waals surface area contributed by atoms with E-state index in [-0.39, 0.29) is 23.1 Å². The SMILES string of the molecule is CCCCC(=O)N1CCCCC(NC(=O)CCc2nc(Cl)n[nH]2)C1. The predicted octanol–water partition coefficient (Wildman–Crippen LogP) is 2.08. The highest BCUT2D eigenvalue weighted by atomic mass is 35.5. The van der Waals surface area contributed by atoms with Crippen molar-refractivity contribution in [3.05, 3.63) is 11.1 Å². The van der Waals surface area contributed by atoms with Crippen LogP contribution in [-0.4, -0.2) is 51.0 Å². The summed E-state index contributed by atoms with van der Waals surface area (Å²) < 4.78 is 0. The second kappa shape index (κ2) is 9.61. The molecular weight excluding hydrogens is 330 g/mol. The molecule has 0 saturated carbocycles. The molecule has 0 aromatic carbocycles. The maximum atomic E-state index is 12.2. The van der Waals surface area contributed by atoms with Gasteiger partial charge in [0.05, 0.1) is 0 Å². The zero-order valence-corrected chi connectivity index (χ0v) is 14.9. The number of carbonyl (C=O) groups is 2. The van der Waals surface area contributed by atoms with E-state index in [0.717, 1.165) is 38.6 Å². The average Bonchev–Trinajstić information content (AvgIpc) is 2.84. The zero-order valence-electron chi connectivity index (χ0n) is 14.2. The lowest BCUT2D eigenvalue weighted by Crippen LogP contribution is -2.44. The number of hydrogen-bond donors (Lipinski definition) is 2. The Kier molecular flexibility index (Phi) is 7.49. The zero-order chi connectivity index (χ0) is 17.4. The summed E-state index contributed by atoms with van der Waals surface area (Å²) in [6.45, 7) is 3.49. The molecule has 1 saturated heterocycles. The molecule has 134 valence electrons. The van der Waals surface area contributed by atoms with Crippen molar-refractivity contribution in [3.8, 4) is 0 Å². The van der Waals surface area contributed by atoms with Gasteiger partial charge in [0.25, 0.3) is 0 Å².